The molecule has 0 aliphatic heterocycles. The lowest BCUT2D eigenvalue weighted by Gasteiger charge is -2.01. The van der Waals surface area contributed by atoms with Gasteiger partial charge < -0.3 is 5.73 Å². The monoisotopic (exact) mass is 324 g/mol. The fourth-order valence-electron chi connectivity index (χ4n) is 2.15. The molecule has 0 unspecified atom stereocenters. The number of rotatable bonds is 4. The molecular weight excluding hydrogens is 308 g/mol. The zero-order valence-corrected chi connectivity index (χ0v) is 13.4. The Hall–Kier alpha value is -2.73. The largest absolute Gasteiger partial charge is 0.375 e. The lowest BCUT2D eigenvalue weighted by molar-refractivity contribution is -0.120. The summed E-state index contributed by atoms with van der Waals surface area (Å²) in [6.45, 7) is 2.02. The Bertz CT molecular complexity index is 868. The van der Waals surface area contributed by atoms with Crippen LogP contribution < -0.4 is 11.2 Å². The number of hydrazone groups is 1. The third-order valence-corrected chi connectivity index (χ3v) is 4.16. The van der Waals surface area contributed by atoms with E-state index in [1.807, 2.05) is 49.4 Å². The van der Waals surface area contributed by atoms with E-state index in [1.54, 1.807) is 6.21 Å². The molecule has 3 rings (SSSR count). The molecule has 1 aromatic heterocycles. The average molecular weight is 324 g/mol. The summed E-state index contributed by atoms with van der Waals surface area (Å²) in [6.07, 6.45) is 1.89. The van der Waals surface area contributed by atoms with E-state index < -0.39 is 0 Å². The number of nitrogens with two attached hydrogens (primary N) is 1. The molecule has 23 heavy (non-hydrogen) atoms. The molecule has 1 amide bonds. The van der Waals surface area contributed by atoms with Crippen molar-refractivity contribution in [3.05, 3.63) is 59.2 Å². The first kappa shape index (κ1) is 15.2. The highest BCUT2D eigenvalue weighted by atomic mass is 32.1. The number of fused-ring (bicyclic) bond motifs is 1. The van der Waals surface area contributed by atoms with Crippen LogP contribution in [0.4, 0.5) is 5.13 Å². The molecule has 0 saturated carbocycles. The van der Waals surface area contributed by atoms with E-state index in [4.69, 9.17) is 5.73 Å². The summed E-state index contributed by atoms with van der Waals surface area (Å²) in [5.74, 6) is -0.162. The molecular formula is C17H16N4OS. The Balaban J connectivity index is 1.60. The molecule has 0 fully saturated rings. The number of aryl methyl sites for hydroxylation is 1. The second-order valence-electron chi connectivity index (χ2n) is 5.23. The molecule has 6 heteroatoms. The Morgan fingerprint density at radius 2 is 2.09 bits per heavy atom. The second-order valence-corrected chi connectivity index (χ2v) is 6.30. The van der Waals surface area contributed by atoms with Gasteiger partial charge in [0.15, 0.2) is 5.13 Å². The van der Waals surface area contributed by atoms with Crippen LogP contribution in [0.15, 0.2) is 47.6 Å². The van der Waals surface area contributed by atoms with E-state index in [0.717, 1.165) is 21.3 Å². The van der Waals surface area contributed by atoms with E-state index in [2.05, 4.69) is 15.5 Å². The molecule has 0 aliphatic rings. The number of anilines is 1. The van der Waals surface area contributed by atoms with Crippen LogP contribution >= 0.6 is 11.3 Å². The number of nitrogen functional groups attached to an aromatic ring is 1. The molecule has 0 aliphatic carbocycles. The quantitative estimate of drug-likeness (QED) is 0.572. The highest BCUT2D eigenvalue weighted by Gasteiger charge is 2.06. The molecule has 0 saturated heterocycles. The van der Waals surface area contributed by atoms with Crippen LogP contribution in [0.3, 0.4) is 0 Å². The highest BCUT2D eigenvalue weighted by molar-refractivity contribution is 7.22. The number of amides is 1. The number of nitrogens with zero attached hydrogens (tertiary/aromatic N) is 2. The van der Waals surface area contributed by atoms with Gasteiger partial charge in [-0.25, -0.2) is 10.4 Å². The number of nitrogens with one attached hydrogen (secondary N) is 1. The van der Waals surface area contributed by atoms with Crippen molar-refractivity contribution in [1.29, 1.82) is 0 Å². The van der Waals surface area contributed by atoms with Crippen molar-refractivity contribution in [3.63, 3.8) is 0 Å². The fourth-order valence-corrected chi connectivity index (χ4v) is 2.95. The van der Waals surface area contributed by atoms with E-state index in [1.165, 1.54) is 16.9 Å². The Morgan fingerprint density at radius 1 is 1.30 bits per heavy atom. The van der Waals surface area contributed by atoms with Crippen LogP contribution in [-0.2, 0) is 11.2 Å². The van der Waals surface area contributed by atoms with Crippen LogP contribution in [0.2, 0.25) is 0 Å². The lowest BCUT2D eigenvalue weighted by Crippen LogP contribution is -2.19. The number of carbonyl (C=O) groups is 1. The van der Waals surface area contributed by atoms with Crippen LogP contribution in [0.1, 0.15) is 16.7 Å². The van der Waals surface area contributed by atoms with Crippen molar-refractivity contribution >= 4 is 38.8 Å². The third kappa shape index (κ3) is 3.92. The van der Waals surface area contributed by atoms with Gasteiger partial charge in [0.25, 0.3) is 0 Å². The van der Waals surface area contributed by atoms with Gasteiger partial charge in [-0.1, -0.05) is 47.2 Å². The van der Waals surface area contributed by atoms with Crippen molar-refractivity contribution in [2.75, 3.05) is 5.73 Å². The van der Waals surface area contributed by atoms with Gasteiger partial charge in [-0.05, 0) is 30.2 Å². The SMILES string of the molecule is Cc1ccc(/C=N\NC(=O)Cc2ccc3nc(N)sc3c2)cc1. The van der Waals surface area contributed by atoms with Gasteiger partial charge in [-0.15, -0.1) is 0 Å². The van der Waals surface area contributed by atoms with Gasteiger partial charge >= 0.3 is 0 Å². The van der Waals surface area contributed by atoms with Crippen molar-refractivity contribution in [2.45, 2.75) is 13.3 Å². The van der Waals surface area contributed by atoms with Crippen molar-refractivity contribution in [3.8, 4) is 0 Å². The maximum absolute atomic E-state index is 11.9. The maximum atomic E-state index is 11.9. The second kappa shape index (κ2) is 6.58. The van der Waals surface area contributed by atoms with Gasteiger partial charge in [0.05, 0.1) is 22.9 Å². The number of thiazole rings is 1. The first-order valence-corrected chi connectivity index (χ1v) is 7.95. The van der Waals surface area contributed by atoms with Gasteiger partial charge in [0, 0.05) is 0 Å². The van der Waals surface area contributed by atoms with Gasteiger partial charge in [-0.3, -0.25) is 4.79 Å². The summed E-state index contributed by atoms with van der Waals surface area (Å²) >= 11 is 1.41. The number of aromatic nitrogens is 1. The number of hydrogen-bond acceptors (Lipinski definition) is 5. The number of benzene rings is 2. The summed E-state index contributed by atoms with van der Waals surface area (Å²) in [6, 6.07) is 13.6. The predicted octanol–water partition coefficient (Wildman–Crippen LogP) is 2.88. The summed E-state index contributed by atoms with van der Waals surface area (Å²) in [5, 5.41) is 4.51. The Labute approximate surface area is 137 Å². The van der Waals surface area contributed by atoms with Crippen molar-refractivity contribution < 1.29 is 4.79 Å². The molecule has 5 nitrogen and oxygen atoms in total. The molecule has 2 aromatic carbocycles. The standard InChI is InChI=1S/C17H16N4OS/c1-11-2-4-12(5-3-11)10-19-21-16(22)9-13-6-7-14-15(8-13)23-17(18)20-14/h2-8,10H,9H2,1H3,(H2,18,20)(H,21,22)/b19-10-. The first-order valence-electron chi connectivity index (χ1n) is 7.14. The van der Waals surface area contributed by atoms with E-state index in [0.29, 0.717) is 5.13 Å². The molecule has 116 valence electrons. The zero-order valence-electron chi connectivity index (χ0n) is 12.6. The molecule has 3 N–H and O–H groups in total. The Kier molecular flexibility index (Phi) is 4.34. The first-order chi connectivity index (χ1) is 11.1. The topological polar surface area (TPSA) is 80.4 Å². The highest BCUT2D eigenvalue weighted by Crippen LogP contribution is 2.24. The van der Waals surface area contributed by atoms with Crippen LogP contribution in [0, 0.1) is 6.92 Å². The molecule has 3 aromatic rings. The van der Waals surface area contributed by atoms with E-state index in [-0.39, 0.29) is 12.3 Å². The average Bonchev–Trinajstić information content (AvgIpc) is 2.88. The van der Waals surface area contributed by atoms with Crippen LogP contribution in [0.25, 0.3) is 10.2 Å². The van der Waals surface area contributed by atoms with E-state index in [9.17, 15) is 4.79 Å². The number of carbonyl (C=O) groups excluding carboxylic acids is 1. The molecule has 1 heterocycles. The predicted molar refractivity (Wildman–Crippen MR) is 94.7 cm³/mol. The summed E-state index contributed by atoms with van der Waals surface area (Å²) in [5.41, 5.74) is 12.1. The molecule has 0 bridgehead atoms. The zero-order chi connectivity index (χ0) is 16.2. The van der Waals surface area contributed by atoms with E-state index >= 15 is 0 Å². The van der Waals surface area contributed by atoms with Crippen molar-refractivity contribution in [2.24, 2.45) is 5.10 Å². The summed E-state index contributed by atoms with van der Waals surface area (Å²) in [4.78, 5) is 16.1. The van der Waals surface area contributed by atoms with Crippen molar-refractivity contribution in [1.82, 2.24) is 10.4 Å². The fraction of sp³-hybridized carbons (Fsp3) is 0.118. The maximum Gasteiger partial charge on any atom is 0.244 e. The summed E-state index contributed by atoms with van der Waals surface area (Å²) < 4.78 is 0.982. The smallest absolute Gasteiger partial charge is 0.244 e. The van der Waals surface area contributed by atoms with Gasteiger partial charge in [0.2, 0.25) is 5.91 Å². The Morgan fingerprint density at radius 3 is 2.87 bits per heavy atom. The normalized spacial score (nSPS) is 11.2. The number of hydrogen-bond donors (Lipinski definition) is 2. The minimum Gasteiger partial charge on any atom is -0.375 e. The van der Waals surface area contributed by atoms with Gasteiger partial charge in [-0.2, -0.15) is 5.10 Å². The molecule has 0 radical (unpaired) electrons. The molecule has 0 atom stereocenters. The summed E-state index contributed by atoms with van der Waals surface area (Å²) in [7, 11) is 0. The minimum atomic E-state index is -0.162. The van der Waals surface area contributed by atoms with Crippen LogP contribution in [0.5, 0.6) is 0 Å². The lowest BCUT2D eigenvalue weighted by atomic mass is 10.1. The van der Waals surface area contributed by atoms with Crippen LogP contribution in [-0.4, -0.2) is 17.1 Å². The third-order valence-electron chi connectivity index (χ3n) is 3.31. The molecule has 0 spiro atoms. The minimum absolute atomic E-state index is 0.162. The van der Waals surface area contributed by atoms with Gasteiger partial charge in [0.1, 0.15) is 0 Å².